The number of hydrogen-bond donors (Lipinski definition) is 0. The molecule has 1 aromatic carbocycles. The number of ether oxygens (including phenoxy) is 1. The Balaban J connectivity index is 1.74. The molecule has 1 saturated carbocycles. The largest absolute Gasteiger partial charge is 0.481 e. The standard InChI is InChI=1S/C19H24FN3O2/c1-12-18(13(2)22(4)21-12)11-23(16-8-9-16)19(24)14(3)25-17-7-5-6-15(20)10-17/h5-7,10,14,16H,8-9,11H2,1-4H3/t14-/m0/s1. The van der Waals surface area contributed by atoms with Crippen molar-refractivity contribution in [1.82, 2.24) is 14.7 Å². The molecule has 5 nitrogen and oxygen atoms in total. The van der Waals surface area contributed by atoms with Crippen molar-refractivity contribution in [3.8, 4) is 5.75 Å². The molecule has 1 aliphatic rings. The maximum Gasteiger partial charge on any atom is 0.263 e. The van der Waals surface area contributed by atoms with Gasteiger partial charge in [-0.15, -0.1) is 0 Å². The highest BCUT2D eigenvalue weighted by Crippen LogP contribution is 2.30. The third-order valence-electron chi connectivity index (χ3n) is 4.71. The Morgan fingerprint density at radius 1 is 1.44 bits per heavy atom. The highest BCUT2D eigenvalue weighted by atomic mass is 19.1. The van der Waals surface area contributed by atoms with Crippen LogP contribution in [-0.2, 0) is 18.4 Å². The van der Waals surface area contributed by atoms with Crippen molar-refractivity contribution in [2.45, 2.75) is 52.3 Å². The summed E-state index contributed by atoms with van der Waals surface area (Å²) < 4.78 is 20.8. The van der Waals surface area contributed by atoms with Crippen LogP contribution < -0.4 is 4.74 Å². The molecule has 134 valence electrons. The quantitative estimate of drug-likeness (QED) is 0.808. The Hall–Kier alpha value is -2.37. The predicted molar refractivity (Wildman–Crippen MR) is 92.7 cm³/mol. The van der Waals surface area contributed by atoms with Gasteiger partial charge in [-0.3, -0.25) is 9.48 Å². The Morgan fingerprint density at radius 3 is 2.72 bits per heavy atom. The fourth-order valence-corrected chi connectivity index (χ4v) is 3.02. The second-order valence-corrected chi connectivity index (χ2v) is 6.69. The van der Waals surface area contributed by atoms with Gasteiger partial charge in [0.05, 0.1) is 5.69 Å². The van der Waals surface area contributed by atoms with E-state index in [4.69, 9.17) is 4.74 Å². The van der Waals surface area contributed by atoms with Crippen LogP contribution in [0.2, 0.25) is 0 Å². The fraction of sp³-hybridized carbons (Fsp3) is 0.474. The van der Waals surface area contributed by atoms with Gasteiger partial charge in [-0.2, -0.15) is 5.10 Å². The monoisotopic (exact) mass is 345 g/mol. The number of benzene rings is 1. The van der Waals surface area contributed by atoms with Crippen LogP contribution in [0.25, 0.3) is 0 Å². The Kier molecular flexibility index (Phi) is 4.79. The molecule has 0 unspecified atom stereocenters. The molecule has 0 N–H and O–H groups in total. The number of aromatic nitrogens is 2. The first kappa shape index (κ1) is 17.5. The van der Waals surface area contributed by atoms with E-state index in [1.165, 1.54) is 12.1 Å². The molecule has 25 heavy (non-hydrogen) atoms. The highest BCUT2D eigenvalue weighted by molar-refractivity contribution is 5.81. The van der Waals surface area contributed by atoms with Crippen LogP contribution >= 0.6 is 0 Å². The zero-order chi connectivity index (χ0) is 18.1. The SMILES string of the molecule is Cc1nn(C)c(C)c1CN(C(=O)[C@H](C)Oc1cccc(F)c1)C1CC1. The van der Waals surface area contributed by atoms with Gasteiger partial charge in [0.25, 0.3) is 5.91 Å². The molecule has 1 aromatic heterocycles. The van der Waals surface area contributed by atoms with Crippen molar-refractivity contribution in [1.29, 1.82) is 0 Å². The molecule has 0 radical (unpaired) electrons. The minimum atomic E-state index is -0.667. The van der Waals surface area contributed by atoms with Crippen molar-refractivity contribution in [3.63, 3.8) is 0 Å². The van der Waals surface area contributed by atoms with Gasteiger partial charge in [0, 0.05) is 37.0 Å². The van der Waals surface area contributed by atoms with Crippen LogP contribution in [0.1, 0.15) is 36.7 Å². The van der Waals surface area contributed by atoms with E-state index in [0.29, 0.717) is 12.3 Å². The third kappa shape index (κ3) is 3.83. The summed E-state index contributed by atoms with van der Waals surface area (Å²) in [7, 11) is 1.91. The average molecular weight is 345 g/mol. The van der Waals surface area contributed by atoms with Crippen LogP contribution in [-0.4, -0.2) is 32.7 Å². The van der Waals surface area contributed by atoms with E-state index in [1.807, 2.05) is 30.5 Å². The van der Waals surface area contributed by atoms with E-state index in [1.54, 1.807) is 19.1 Å². The molecule has 0 bridgehead atoms. The zero-order valence-corrected chi connectivity index (χ0v) is 15.1. The van der Waals surface area contributed by atoms with Gasteiger partial charge < -0.3 is 9.64 Å². The average Bonchev–Trinajstić information content (AvgIpc) is 3.35. The van der Waals surface area contributed by atoms with E-state index < -0.39 is 6.10 Å². The van der Waals surface area contributed by atoms with Crippen molar-refractivity contribution in [2.75, 3.05) is 0 Å². The van der Waals surface area contributed by atoms with Crippen LogP contribution in [0.4, 0.5) is 4.39 Å². The summed E-state index contributed by atoms with van der Waals surface area (Å²) in [6, 6.07) is 6.13. The minimum absolute atomic E-state index is 0.0746. The van der Waals surface area contributed by atoms with Crippen LogP contribution in [0.3, 0.4) is 0 Å². The number of carbonyl (C=O) groups excluding carboxylic acids is 1. The first-order chi connectivity index (χ1) is 11.9. The first-order valence-corrected chi connectivity index (χ1v) is 8.58. The minimum Gasteiger partial charge on any atom is -0.481 e. The normalized spacial score (nSPS) is 15.1. The summed E-state index contributed by atoms with van der Waals surface area (Å²) in [5.41, 5.74) is 3.09. The van der Waals surface area contributed by atoms with Gasteiger partial charge >= 0.3 is 0 Å². The van der Waals surface area contributed by atoms with Crippen LogP contribution in [0, 0.1) is 19.7 Å². The molecule has 1 amide bonds. The molecule has 0 aliphatic heterocycles. The van der Waals surface area contributed by atoms with Crippen molar-refractivity contribution in [3.05, 3.63) is 47.0 Å². The maximum atomic E-state index is 13.3. The topological polar surface area (TPSA) is 47.4 Å². The molecule has 1 atom stereocenters. The van der Waals surface area contributed by atoms with E-state index in [9.17, 15) is 9.18 Å². The van der Waals surface area contributed by atoms with Crippen LogP contribution in [0.5, 0.6) is 5.75 Å². The second-order valence-electron chi connectivity index (χ2n) is 6.69. The number of amides is 1. The third-order valence-corrected chi connectivity index (χ3v) is 4.71. The summed E-state index contributed by atoms with van der Waals surface area (Å²) >= 11 is 0. The first-order valence-electron chi connectivity index (χ1n) is 8.58. The molecule has 1 fully saturated rings. The molecule has 0 spiro atoms. The summed E-state index contributed by atoms with van der Waals surface area (Å²) in [4.78, 5) is 14.8. The number of aryl methyl sites for hydroxylation is 2. The smallest absolute Gasteiger partial charge is 0.263 e. The Bertz CT molecular complexity index is 783. The Morgan fingerprint density at radius 2 is 2.16 bits per heavy atom. The van der Waals surface area contributed by atoms with Crippen molar-refractivity contribution < 1.29 is 13.9 Å². The van der Waals surface area contributed by atoms with Gasteiger partial charge in [-0.05, 0) is 45.7 Å². The summed E-state index contributed by atoms with van der Waals surface area (Å²) in [6.07, 6.45) is 1.35. The molecule has 2 aromatic rings. The van der Waals surface area contributed by atoms with Crippen LogP contribution in [0.15, 0.2) is 24.3 Å². The van der Waals surface area contributed by atoms with Crippen molar-refractivity contribution >= 4 is 5.91 Å². The zero-order valence-electron chi connectivity index (χ0n) is 15.1. The lowest BCUT2D eigenvalue weighted by Gasteiger charge is -2.26. The molecule has 3 rings (SSSR count). The number of carbonyl (C=O) groups is 1. The van der Waals surface area contributed by atoms with E-state index in [-0.39, 0.29) is 17.8 Å². The van der Waals surface area contributed by atoms with Gasteiger partial charge in [0.2, 0.25) is 0 Å². The molecular formula is C19H24FN3O2. The van der Waals surface area contributed by atoms with Gasteiger partial charge in [0.15, 0.2) is 6.10 Å². The number of nitrogens with zero attached hydrogens (tertiary/aromatic N) is 3. The predicted octanol–water partition coefficient (Wildman–Crippen LogP) is 3.13. The molecule has 6 heteroatoms. The van der Waals surface area contributed by atoms with Gasteiger partial charge in [0.1, 0.15) is 11.6 Å². The molecule has 0 saturated heterocycles. The van der Waals surface area contributed by atoms with E-state index in [0.717, 1.165) is 29.8 Å². The highest BCUT2D eigenvalue weighted by Gasteiger charge is 2.36. The van der Waals surface area contributed by atoms with E-state index >= 15 is 0 Å². The lowest BCUT2D eigenvalue weighted by Crippen LogP contribution is -2.41. The van der Waals surface area contributed by atoms with E-state index in [2.05, 4.69) is 5.10 Å². The number of hydrogen-bond acceptors (Lipinski definition) is 3. The van der Waals surface area contributed by atoms with Crippen molar-refractivity contribution in [2.24, 2.45) is 7.05 Å². The maximum absolute atomic E-state index is 13.3. The lowest BCUT2D eigenvalue weighted by molar-refractivity contribution is -0.139. The van der Waals surface area contributed by atoms with Gasteiger partial charge in [-0.25, -0.2) is 4.39 Å². The molecular weight excluding hydrogens is 321 g/mol. The van der Waals surface area contributed by atoms with Gasteiger partial charge in [-0.1, -0.05) is 6.07 Å². The number of halogens is 1. The summed E-state index contributed by atoms with van der Waals surface area (Å²) in [5.74, 6) is -0.0856. The fourth-order valence-electron chi connectivity index (χ4n) is 3.02. The molecule has 1 heterocycles. The summed E-state index contributed by atoms with van der Waals surface area (Å²) in [5, 5.41) is 4.43. The molecule has 1 aliphatic carbocycles. The second kappa shape index (κ2) is 6.86. The Labute approximate surface area is 147 Å². The lowest BCUT2D eigenvalue weighted by atomic mass is 10.1. The summed E-state index contributed by atoms with van der Waals surface area (Å²) in [6.45, 7) is 6.22. The number of rotatable bonds is 6.